The highest BCUT2D eigenvalue weighted by molar-refractivity contribution is 5.76. The number of aryl methyl sites for hydroxylation is 1. The molecule has 3 aliphatic carbocycles. The Bertz CT molecular complexity index is 690. The van der Waals surface area contributed by atoms with Gasteiger partial charge in [-0.1, -0.05) is 18.0 Å². The number of carboxylic acids is 1. The minimum Gasteiger partial charge on any atom is -0.480 e. The van der Waals surface area contributed by atoms with Crippen LogP contribution < -0.4 is 5.32 Å². The molecular weight excluding hydrogens is 360 g/mol. The van der Waals surface area contributed by atoms with Crippen LogP contribution in [0.25, 0.3) is 0 Å². The van der Waals surface area contributed by atoms with Crippen LogP contribution in [0.4, 0.5) is 0 Å². The maximum atomic E-state index is 12.2. The second-order valence-corrected chi connectivity index (χ2v) is 8.68. The third-order valence-corrected chi connectivity index (χ3v) is 6.29. The molecule has 2 N–H and O–H groups in total. The Hall–Kier alpha value is -1.96. The summed E-state index contributed by atoms with van der Waals surface area (Å²) in [6, 6.07) is 0.414. The second-order valence-electron chi connectivity index (χ2n) is 8.68. The SMILES string of the molecule is O=C(O)CN(CC1CC1)C1CC(NC(=O)CCc2nc(C3CCCC3)no2)C1. The van der Waals surface area contributed by atoms with Crippen molar-refractivity contribution < 1.29 is 19.2 Å². The molecule has 4 rings (SSSR count). The van der Waals surface area contributed by atoms with Gasteiger partial charge in [0.15, 0.2) is 5.82 Å². The third kappa shape index (κ3) is 5.10. The Morgan fingerprint density at radius 3 is 2.61 bits per heavy atom. The summed E-state index contributed by atoms with van der Waals surface area (Å²) in [7, 11) is 0. The number of rotatable bonds is 10. The van der Waals surface area contributed by atoms with Gasteiger partial charge in [-0.15, -0.1) is 0 Å². The smallest absolute Gasteiger partial charge is 0.317 e. The van der Waals surface area contributed by atoms with E-state index in [1.807, 2.05) is 0 Å². The number of carbonyl (C=O) groups excluding carboxylic acids is 1. The Kier molecular flexibility index (Phi) is 5.94. The van der Waals surface area contributed by atoms with Crippen LogP contribution >= 0.6 is 0 Å². The first-order chi connectivity index (χ1) is 13.6. The van der Waals surface area contributed by atoms with Crippen LogP contribution in [0.2, 0.25) is 0 Å². The number of amides is 1. The van der Waals surface area contributed by atoms with Crippen molar-refractivity contribution in [3.05, 3.63) is 11.7 Å². The fraction of sp³-hybridized carbons (Fsp3) is 0.800. The zero-order valence-corrected chi connectivity index (χ0v) is 16.3. The van der Waals surface area contributed by atoms with Crippen LogP contribution in [0.3, 0.4) is 0 Å². The number of nitrogens with zero attached hydrogens (tertiary/aromatic N) is 3. The van der Waals surface area contributed by atoms with Gasteiger partial charge in [0.2, 0.25) is 11.8 Å². The van der Waals surface area contributed by atoms with Gasteiger partial charge in [0.1, 0.15) is 0 Å². The van der Waals surface area contributed by atoms with E-state index in [0.717, 1.165) is 38.1 Å². The summed E-state index contributed by atoms with van der Waals surface area (Å²) in [6.07, 6.45) is 9.60. The first-order valence-electron chi connectivity index (χ1n) is 10.6. The molecule has 1 aromatic heterocycles. The van der Waals surface area contributed by atoms with E-state index < -0.39 is 5.97 Å². The van der Waals surface area contributed by atoms with Crippen molar-refractivity contribution in [3.8, 4) is 0 Å². The summed E-state index contributed by atoms with van der Waals surface area (Å²) in [5, 5.41) is 16.2. The summed E-state index contributed by atoms with van der Waals surface area (Å²) < 4.78 is 5.30. The number of nitrogens with one attached hydrogen (secondary N) is 1. The van der Waals surface area contributed by atoms with Crippen LogP contribution in [0, 0.1) is 5.92 Å². The van der Waals surface area contributed by atoms with E-state index in [1.54, 1.807) is 0 Å². The molecule has 28 heavy (non-hydrogen) atoms. The van der Waals surface area contributed by atoms with Crippen molar-refractivity contribution in [3.63, 3.8) is 0 Å². The maximum Gasteiger partial charge on any atom is 0.317 e. The molecule has 1 aromatic rings. The van der Waals surface area contributed by atoms with Crippen LogP contribution in [0.1, 0.15) is 75.4 Å². The molecule has 3 aliphatic rings. The van der Waals surface area contributed by atoms with Crippen molar-refractivity contribution in [2.75, 3.05) is 13.1 Å². The molecule has 0 saturated heterocycles. The fourth-order valence-corrected chi connectivity index (χ4v) is 4.39. The van der Waals surface area contributed by atoms with Gasteiger partial charge in [-0.2, -0.15) is 4.98 Å². The van der Waals surface area contributed by atoms with Crippen molar-refractivity contribution in [1.29, 1.82) is 0 Å². The van der Waals surface area contributed by atoms with Crippen LogP contribution in [-0.2, 0) is 16.0 Å². The molecule has 0 radical (unpaired) electrons. The summed E-state index contributed by atoms with van der Waals surface area (Å²) in [5.74, 6) is 1.64. The van der Waals surface area contributed by atoms with Gasteiger partial charge < -0.3 is 14.9 Å². The molecule has 0 unspecified atom stereocenters. The highest BCUT2D eigenvalue weighted by atomic mass is 16.5. The summed E-state index contributed by atoms with van der Waals surface area (Å²) in [6.45, 7) is 0.973. The number of aliphatic carboxylic acids is 1. The number of hydrogen-bond acceptors (Lipinski definition) is 6. The Balaban J connectivity index is 1.16. The third-order valence-electron chi connectivity index (χ3n) is 6.29. The molecule has 1 amide bonds. The Morgan fingerprint density at radius 1 is 1.18 bits per heavy atom. The maximum absolute atomic E-state index is 12.2. The van der Waals surface area contributed by atoms with E-state index in [0.29, 0.717) is 30.6 Å². The average Bonchev–Trinajstić information content (AvgIpc) is 3.10. The van der Waals surface area contributed by atoms with E-state index >= 15 is 0 Å². The monoisotopic (exact) mass is 390 g/mol. The molecule has 0 bridgehead atoms. The zero-order chi connectivity index (χ0) is 19.5. The van der Waals surface area contributed by atoms with Crippen LogP contribution in [0.5, 0.6) is 0 Å². The molecule has 154 valence electrons. The van der Waals surface area contributed by atoms with E-state index in [-0.39, 0.29) is 24.5 Å². The Morgan fingerprint density at radius 2 is 1.93 bits per heavy atom. The topological polar surface area (TPSA) is 109 Å². The van der Waals surface area contributed by atoms with Gasteiger partial charge in [-0.05, 0) is 44.4 Å². The minimum absolute atomic E-state index is 0.00366. The number of carboxylic acid groups (broad SMARTS) is 1. The van der Waals surface area contributed by atoms with Crippen molar-refractivity contribution in [1.82, 2.24) is 20.4 Å². The zero-order valence-electron chi connectivity index (χ0n) is 16.3. The van der Waals surface area contributed by atoms with Gasteiger partial charge in [0.05, 0.1) is 6.54 Å². The second kappa shape index (κ2) is 8.59. The highest BCUT2D eigenvalue weighted by Crippen LogP contribution is 2.34. The standard InChI is InChI=1S/C20H30N4O4/c25-17(7-8-18-22-20(23-28-18)14-3-1-2-4-14)21-15-9-16(10-15)24(12-19(26)27)11-13-5-6-13/h13-16H,1-12H2,(H,21,25)(H,26,27). The molecule has 0 aromatic carbocycles. The van der Waals surface area contributed by atoms with Gasteiger partial charge in [0.25, 0.3) is 0 Å². The summed E-state index contributed by atoms with van der Waals surface area (Å²) in [5.41, 5.74) is 0. The lowest BCUT2D eigenvalue weighted by Crippen LogP contribution is -2.55. The lowest BCUT2D eigenvalue weighted by atomic mass is 9.85. The quantitative estimate of drug-likeness (QED) is 0.630. The summed E-state index contributed by atoms with van der Waals surface area (Å²) in [4.78, 5) is 29.8. The molecule has 3 fully saturated rings. The van der Waals surface area contributed by atoms with E-state index in [1.165, 1.54) is 25.7 Å². The molecular formula is C20H30N4O4. The lowest BCUT2D eigenvalue weighted by molar-refractivity contribution is -0.140. The molecule has 8 heteroatoms. The number of aromatic nitrogens is 2. The molecule has 0 aliphatic heterocycles. The molecule has 3 saturated carbocycles. The van der Waals surface area contributed by atoms with Gasteiger partial charge in [0, 0.05) is 37.4 Å². The van der Waals surface area contributed by atoms with Crippen molar-refractivity contribution in [2.24, 2.45) is 5.92 Å². The predicted molar refractivity (Wildman–Crippen MR) is 101 cm³/mol. The molecule has 8 nitrogen and oxygen atoms in total. The van der Waals surface area contributed by atoms with Crippen LogP contribution in [-0.4, -0.2) is 57.2 Å². The summed E-state index contributed by atoms with van der Waals surface area (Å²) >= 11 is 0. The normalized spacial score (nSPS) is 25.0. The lowest BCUT2D eigenvalue weighted by Gasteiger charge is -2.42. The van der Waals surface area contributed by atoms with E-state index in [2.05, 4.69) is 20.4 Å². The largest absolute Gasteiger partial charge is 0.480 e. The van der Waals surface area contributed by atoms with Gasteiger partial charge in [-0.3, -0.25) is 14.5 Å². The van der Waals surface area contributed by atoms with Gasteiger partial charge >= 0.3 is 5.97 Å². The molecule has 1 heterocycles. The minimum atomic E-state index is -0.773. The molecule has 0 spiro atoms. The van der Waals surface area contributed by atoms with Crippen LogP contribution in [0.15, 0.2) is 4.52 Å². The number of hydrogen-bond donors (Lipinski definition) is 2. The van der Waals surface area contributed by atoms with Gasteiger partial charge in [-0.25, -0.2) is 0 Å². The van der Waals surface area contributed by atoms with Crippen molar-refractivity contribution in [2.45, 2.75) is 82.2 Å². The highest BCUT2D eigenvalue weighted by Gasteiger charge is 2.37. The predicted octanol–water partition coefficient (Wildman–Crippen LogP) is 2.10. The molecule has 0 atom stereocenters. The van der Waals surface area contributed by atoms with E-state index in [9.17, 15) is 9.59 Å². The first-order valence-corrected chi connectivity index (χ1v) is 10.6. The first kappa shape index (κ1) is 19.4. The Labute approximate surface area is 165 Å². The van der Waals surface area contributed by atoms with Crippen molar-refractivity contribution >= 4 is 11.9 Å². The number of carbonyl (C=O) groups is 2. The van der Waals surface area contributed by atoms with E-state index in [4.69, 9.17) is 9.63 Å². The fourth-order valence-electron chi connectivity index (χ4n) is 4.39. The average molecular weight is 390 g/mol.